The summed E-state index contributed by atoms with van der Waals surface area (Å²) < 4.78 is 11.2. The first kappa shape index (κ1) is 16.7. The number of likely N-dealkylation sites (N-methyl/N-ethyl adjacent to an activating group) is 1. The van der Waals surface area contributed by atoms with Crippen LogP contribution in [0.3, 0.4) is 0 Å². The molecule has 0 radical (unpaired) electrons. The van der Waals surface area contributed by atoms with E-state index in [-0.39, 0.29) is 18.1 Å². The number of rotatable bonds is 5. The number of nitrogens with zero attached hydrogens (tertiary/aromatic N) is 3. The van der Waals surface area contributed by atoms with Gasteiger partial charge in [0.15, 0.2) is 0 Å². The predicted octanol–water partition coefficient (Wildman–Crippen LogP) is 2.79. The third-order valence-electron chi connectivity index (χ3n) is 3.83. The third-order valence-corrected chi connectivity index (χ3v) is 3.83. The maximum atomic E-state index is 9.61. The van der Waals surface area contributed by atoms with E-state index in [2.05, 4.69) is 31.0 Å². The fourth-order valence-electron chi connectivity index (χ4n) is 2.67. The molecule has 2 heterocycles. The molecule has 6 heteroatoms. The van der Waals surface area contributed by atoms with Gasteiger partial charge in [0.05, 0.1) is 18.7 Å². The summed E-state index contributed by atoms with van der Waals surface area (Å²) >= 11 is 0. The van der Waals surface area contributed by atoms with Crippen molar-refractivity contribution >= 4 is 0 Å². The number of aliphatic hydroxyl groups is 1. The fraction of sp³-hybridized carbons (Fsp3) is 0.625. The van der Waals surface area contributed by atoms with E-state index in [9.17, 15) is 5.11 Å². The summed E-state index contributed by atoms with van der Waals surface area (Å²) in [5, 5.41) is 17.8. The lowest BCUT2D eigenvalue weighted by atomic mass is 9.86. The van der Waals surface area contributed by atoms with Crippen molar-refractivity contribution in [1.82, 2.24) is 15.1 Å². The summed E-state index contributed by atoms with van der Waals surface area (Å²) in [5.74, 6) is 2.58. The van der Waals surface area contributed by atoms with Gasteiger partial charge >= 0.3 is 0 Å². The molecule has 0 aromatic carbocycles. The van der Waals surface area contributed by atoms with Gasteiger partial charge in [-0.1, -0.05) is 20.8 Å². The Morgan fingerprint density at radius 3 is 2.41 bits per heavy atom. The molecular formula is C16H25N3O3. The molecule has 0 saturated carbocycles. The van der Waals surface area contributed by atoms with Crippen LogP contribution in [0.25, 0.3) is 11.5 Å². The van der Waals surface area contributed by atoms with Crippen molar-refractivity contribution in [3.05, 3.63) is 23.5 Å². The lowest BCUT2D eigenvalue weighted by molar-refractivity contribution is 0.0563. The highest BCUT2D eigenvalue weighted by molar-refractivity contribution is 5.55. The number of aliphatic hydroxyl groups excluding tert-OH is 1. The summed E-state index contributed by atoms with van der Waals surface area (Å²) in [6, 6.07) is 1.91. The molecule has 0 fully saturated rings. The van der Waals surface area contributed by atoms with E-state index >= 15 is 0 Å². The molecule has 2 aromatic rings. The van der Waals surface area contributed by atoms with Crippen molar-refractivity contribution in [1.29, 1.82) is 0 Å². The monoisotopic (exact) mass is 307 g/mol. The molecule has 0 spiro atoms. The molecule has 0 aliphatic heterocycles. The van der Waals surface area contributed by atoms with Crippen LogP contribution < -0.4 is 0 Å². The van der Waals surface area contributed by atoms with Gasteiger partial charge in [-0.25, -0.2) is 0 Å². The van der Waals surface area contributed by atoms with Gasteiger partial charge in [0, 0.05) is 6.04 Å². The maximum Gasteiger partial charge on any atom is 0.251 e. The van der Waals surface area contributed by atoms with Crippen LogP contribution in [0.4, 0.5) is 0 Å². The summed E-state index contributed by atoms with van der Waals surface area (Å²) in [7, 11) is 1.95. The van der Waals surface area contributed by atoms with Crippen LogP contribution >= 0.6 is 0 Å². The average Bonchev–Trinajstić information content (AvgIpc) is 2.94. The van der Waals surface area contributed by atoms with Crippen LogP contribution in [-0.2, 0) is 6.54 Å². The number of aromatic nitrogens is 2. The zero-order valence-corrected chi connectivity index (χ0v) is 14.2. The molecule has 2 aromatic heterocycles. The van der Waals surface area contributed by atoms with Gasteiger partial charge in [0.1, 0.15) is 11.5 Å². The zero-order chi connectivity index (χ0) is 16.5. The second kappa shape index (κ2) is 6.22. The Labute approximate surface area is 131 Å². The van der Waals surface area contributed by atoms with E-state index < -0.39 is 0 Å². The minimum absolute atomic E-state index is 0.0146. The summed E-state index contributed by atoms with van der Waals surface area (Å²) in [5.41, 5.74) is 0.790. The molecule has 1 unspecified atom stereocenters. The SMILES string of the molecule is Cc1cc(-c2nnc(CN(C)C(CO)C(C)(C)C)o2)c(C)o1. The topological polar surface area (TPSA) is 75.5 Å². The Kier molecular flexibility index (Phi) is 4.72. The molecule has 22 heavy (non-hydrogen) atoms. The second-order valence-corrected chi connectivity index (χ2v) is 6.81. The lowest BCUT2D eigenvalue weighted by Gasteiger charge is -2.36. The van der Waals surface area contributed by atoms with E-state index in [0.29, 0.717) is 18.3 Å². The molecular weight excluding hydrogens is 282 g/mol. The number of hydrogen-bond acceptors (Lipinski definition) is 6. The van der Waals surface area contributed by atoms with Crippen LogP contribution in [0, 0.1) is 19.3 Å². The summed E-state index contributed by atoms with van der Waals surface area (Å²) in [4.78, 5) is 2.03. The quantitative estimate of drug-likeness (QED) is 0.915. The number of furan rings is 1. The van der Waals surface area contributed by atoms with Crippen molar-refractivity contribution in [2.24, 2.45) is 5.41 Å². The smallest absolute Gasteiger partial charge is 0.251 e. The molecule has 1 atom stereocenters. The molecule has 122 valence electrons. The van der Waals surface area contributed by atoms with Crippen molar-refractivity contribution in [2.45, 2.75) is 47.2 Å². The van der Waals surface area contributed by atoms with Crippen LogP contribution in [0.15, 0.2) is 14.9 Å². The van der Waals surface area contributed by atoms with E-state index in [1.807, 2.05) is 31.9 Å². The largest absolute Gasteiger partial charge is 0.466 e. The Morgan fingerprint density at radius 2 is 1.91 bits per heavy atom. The van der Waals surface area contributed by atoms with Crippen LogP contribution in [0.1, 0.15) is 38.2 Å². The highest BCUT2D eigenvalue weighted by atomic mass is 16.4. The fourth-order valence-corrected chi connectivity index (χ4v) is 2.67. The molecule has 2 rings (SSSR count). The Hall–Kier alpha value is -1.66. The van der Waals surface area contributed by atoms with Gasteiger partial charge in [-0.3, -0.25) is 4.90 Å². The standard InChI is InChI=1S/C16H25N3O3/c1-10-7-12(11(2)21-10)15-18-17-14(22-15)8-19(6)13(9-20)16(3,4)5/h7,13,20H,8-9H2,1-6H3. The first-order valence-corrected chi connectivity index (χ1v) is 7.43. The van der Waals surface area contributed by atoms with E-state index in [0.717, 1.165) is 17.1 Å². The van der Waals surface area contributed by atoms with Gasteiger partial charge in [-0.05, 0) is 32.4 Å². The number of aryl methyl sites for hydroxylation is 2. The average molecular weight is 307 g/mol. The first-order chi connectivity index (χ1) is 10.2. The molecule has 0 saturated heterocycles. The Bertz CT molecular complexity index is 625. The molecule has 0 amide bonds. The van der Waals surface area contributed by atoms with Gasteiger partial charge in [-0.2, -0.15) is 0 Å². The van der Waals surface area contributed by atoms with Crippen molar-refractivity contribution in [3.63, 3.8) is 0 Å². The molecule has 0 aliphatic rings. The predicted molar refractivity (Wildman–Crippen MR) is 83.3 cm³/mol. The Balaban J connectivity index is 2.14. The van der Waals surface area contributed by atoms with Crippen LogP contribution in [-0.4, -0.2) is 39.9 Å². The van der Waals surface area contributed by atoms with Crippen LogP contribution in [0.5, 0.6) is 0 Å². The molecule has 0 bridgehead atoms. The van der Waals surface area contributed by atoms with Gasteiger partial charge in [0.25, 0.3) is 5.89 Å². The van der Waals surface area contributed by atoms with E-state index in [4.69, 9.17) is 8.83 Å². The Morgan fingerprint density at radius 1 is 1.23 bits per heavy atom. The van der Waals surface area contributed by atoms with Crippen molar-refractivity contribution < 1.29 is 13.9 Å². The van der Waals surface area contributed by atoms with E-state index in [1.165, 1.54) is 0 Å². The molecule has 0 aliphatic carbocycles. The zero-order valence-electron chi connectivity index (χ0n) is 14.2. The normalized spacial score (nSPS) is 13.8. The molecule has 6 nitrogen and oxygen atoms in total. The summed E-state index contributed by atoms with van der Waals surface area (Å²) in [6.45, 7) is 10.6. The number of hydrogen-bond donors (Lipinski definition) is 1. The maximum absolute atomic E-state index is 9.61. The summed E-state index contributed by atoms with van der Waals surface area (Å²) in [6.07, 6.45) is 0. The van der Waals surface area contributed by atoms with Crippen LogP contribution in [0.2, 0.25) is 0 Å². The minimum Gasteiger partial charge on any atom is -0.466 e. The van der Waals surface area contributed by atoms with Gasteiger partial charge < -0.3 is 13.9 Å². The molecule has 1 N–H and O–H groups in total. The highest BCUT2D eigenvalue weighted by Crippen LogP contribution is 2.27. The van der Waals surface area contributed by atoms with E-state index in [1.54, 1.807) is 0 Å². The van der Waals surface area contributed by atoms with Crippen molar-refractivity contribution in [3.8, 4) is 11.5 Å². The van der Waals surface area contributed by atoms with Gasteiger partial charge in [-0.15, -0.1) is 10.2 Å². The third kappa shape index (κ3) is 3.56. The highest BCUT2D eigenvalue weighted by Gasteiger charge is 2.28. The minimum atomic E-state index is -0.0371. The second-order valence-electron chi connectivity index (χ2n) is 6.81. The van der Waals surface area contributed by atoms with Crippen molar-refractivity contribution in [2.75, 3.05) is 13.7 Å². The lowest BCUT2D eigenvalue weighted by Crippen LogP contribution is -2.44. The van der Waals surface area contributed by atoms with Gasteiger partial charge in [0.2, 0.25) is 5.89 Å². The first-order valence-electron chi connectivity index (χ1n) is 7.43.